The van der Waals surface area contributed by atoms with Crippen molar-refractivity contribution in [2.75, 3.05) is 13.1 Å². The van der Waals surface area contributed by atoms with Crippen LogP contribution >= 0.6 is 0 Å². The number of furan rings is 1. The van der Waals surface area contributed by atoms with Crippen LogP contribution in [-0.2, 0) is 24.2 Å². The van der Waals surface area contributed by atoms with Crippen molar-refractivity contribution in [1.29, 1.82) is 0 Å². The molecule has 3 heterocycles. The van der Waals surface area contributed by atoms with Crippen molar-refractivity contribution in [2.24, 2.45) is 0 Å². The summed E-state index contributed by atoms with van der Waals surface area (Å²) in [7, 11) is 0. The first-order chi connectivity index (χ1) is 13.2. The fourth-order valence-electron chi connectivity index (χ4n) is 2.67. The second-order valence-corrected chi connectivity index (χ2v) is 6.48. The molecule has 28 heavy (non-hydrogen) atoms. The molecule has 1 aliphatic rings. The number of alkyl halides is 3. The maximum Gasteiger partial charge on any atom is 0.490 e. The Kier molecular flexibility index (Phi) is 7.38. The van der Waals surface area contributed by atoms with E-state index in [9.17, 15) is 13.2 Å². The number of carboxylic acids is 1. The van der Waals surface area contributed by atoms with Crippen LogP contribution in [0.5, 0.6) is 5.88 Å². The van der Waals surface area contributed by atoms with E-state index in [1.807, 2.05) is 26.2 Å². The van der Waals surface area contributed by atoms with Gasteiger partial charge in [-0.1, -0.05) is 0 Å². The number of aliphatic carboxylic acids is 1. The molecule has 0 saturated carbocycles. The highest BCUT2D eigenvalue weighted by Gasteiger charge is 2.38. The fraction of sp³-hybridized carbons (Fsp3) is 0.500. The Balaban J connectivity index is 0.000000345. The minimum Gasteiger partial charge on any atom is -0.475 e. The van der Waals surface area contributed by atoms with Gasteiger partial charge >= 0.3 is 12.1 Å². The molecule has 0 unspecified atom stereocenters. The van der Waals surface area contributed by atoms with Gasteiger partial charge in [-0.15, -0.1) is 0 Å². The zero-order valence-corrected chi connectivity index (χ0v) is 15.6. The number of ether oxygens (including phenoxy) is 1. The van der Waals surface area contributed by atoms with E-state index in [2.05, 4.69) is 14.9 Å². The van der Waals surface area contributed by atoms with Gasteiger partial charge < -0.3 is 14.3 Å². The van der Waals surface area contributed by atoms with Gasteiger partial charge in [0.25, 0.3) is 0 Å². The highest BCUT2D eigenvalue weighted by atomic mass is 19.4. The molecule has 0 spiro atoms. The van der Waals surface area contributed by atoms with Gasteiger partial charge in [-0.05, 0) is 26.3 Å². The van der Waals surface area contributed by atoms with Gasteiger partial charge in [0.1, 0.15) is 6.33 Å². The van der Waals surface area contributed by atoms with Crippen LogP contribution < -0.4 is 4.74 Å². The average Bonchev–Trinajstić information content (AvgIpc) is 3.01. The monoisotopic (exact) mass is 401 g/mol. The Morgan fingerprint density at radius 3 is 2.57 bits per heavy atom. The SMILES string of the molecule is CC(C)Oc1ncnc2c1CCN(Cc1ccoc1)CC2.O=C(O)C(F)(F)F. The predicted molar refractivity (Wildman–Crippen MR) is 92.9 cm³/mol. The summed E-state index contributed by atoms with van der Waals surface area (Å²) in [5.41, 5.74) is 3.50. The normalized spacial score (nSPS) is 14.6. The minimum absolute atomic E-state index is 0.134. The van der Waals surface area contributed by atoms with Crippen LogP contribution in [0.4, 0.5) is 13.2 Å². The summed E-state index contributed by atoms with van der Waals surface area (Å²) in [6.07, 6.45) is 2.06. The number of halogens is 3. The van der Waals surface area contributed by atoms with Gasteiger partial charge in [0, 0.05) is 37.2 Å². The third-order valence-corrected chi connectivity index (χ3v) is 3.91. The molecule has 3 rings (SSSR count). The average molecular weight is 401 g/mol. The lowest BCUT2D eigenvalue weighted by atomic mass is 10.1. The smallest absolute Gasteiger partial charge is 0.475 e. The third-order valence-electron chi connectivity index (χ3n) is 3.91. The first-order valence-corrected chi connectivity index (χ1v) is 8.69. The Bertz CT molecular complexity index is 764. The molecule has 0 bridgehead atoms. The van der Waals surface area contributed by atoms with E-state index >= 15 is 0 Å². The van der Waals surface area contributed by atoms with Crippen LogP contribution in [0.25, 0.3) is 0 Å². The van der Waals surface area contributed by atoms with Crippen molar-refractivity contribution in [2.45, 2.75) is 45.5 Å². The summed E-state index contributed by atoms with van der Waals surface area (Å²) in [6, 6.07) is 2.02. The van der Waals surface area contributed by atoms with E-state index in [4.69, 9.17) is 19.1 Å². The van der Waals surface area contributed by atoms with Crippen LogP contribution in [0.3, 0.4) is 0 Å². The van der Waals surface area contributed by atoms with Crippen molar-refractivity contribution in [3.05, 3.63) is 41.7 Å². The summed E-state index contributed by atoms with van der Waals surface area (Å²) in [5, 5.41) is 7.12. The highest BCUT2D eigenvalue weighted by molar-refractivity contribution is 5.73. The number of fused-ring (bicyclic) bond motifs is 1. The summed E-state index contributed by atoms with van der Waals surface area (Å²) in [5.74, 6) is -2.01. The molecule has 0 aliphatic carbocycles. The summed E-state index contributed by atoms with van der Waals surface area (Å²) in [6.45, 7) is 6.95. The van der Waals surface area contributed by atoms with Crippen LogP contribution in [-0.4, -0.2) is 51.3 Å². The number of carboxylic acid groups (broad SMARTS) is 1. The lowest BCUT2D eigenvalue weighted by molar-refractivity contribution is -0.192. The first-order valence-electron chi connectivity index (χ1n) is 8.69. The largest absolute Gasteiger partial charge is 0.490 e. The molecule has 0 saturated heterocycles. The topological polar surface area (TPSA) is 88.7 Å². The van der Waals surface area contributed by atoms with E-state index in [1.54, 1.807) is 12.6 Å². The van der Waals surface area contributed by atoms with Gasteiger partial charge in [0.2, 0.25) is 5.88 Å². The second kappa shape index (κ2) is 9.54. The van der Waals surface area contributed by atoms with Crippen molar-refractivity contribution in [3.8, 4) is 5.88 Å². The predicted octanol–water partition coefficient (Wildman–Crippen LogP) is 3.09. The van der Waals surface area contributed by atoms with Crippen molar-refractivity contribution >= 4 is 5.97 Å². The lowest BCUT2D eigenvalue weighted by Gasteiger charge is -2.18. The highest BCUT2D eigenvalue weighted by Crippen LogP contribution is 2.23. The zero-order valence-electron chi connectivity index (χ0n) is 15.6. The quantitative estimate of drug-likeness (QED) is 0.842. The Hall–Kier alpha value is -2.62. The molecule has 0 radical (unpaired) electrons. The van der Waals surface area contributed by atoms with Gasteiger partial charge in [-0.3, -0.25) is 4.90 Å². The Labute approximate surface area is 160 Å². The first kappa shape index (κ1) is 21.7. The molecular formula is C18H22F3N3O4. The van der Waals surface area contributed by atoms with E-state index < -0.39 is 12.1 Å². The number of carbonyl (C=O) groups is 1. The maximum atomic E-state index is 10.6. The molecule has 2 aromatic heterocycles. The second-order valence-electron chi connectivity index (χ2n) is 6.48. The molecule has 0 atom stereocenters. The number of hydrogen-bond acceptors (Lipinski definition) is 6. The number of aromatic nitrogens is 2. The number of nitrogens with zero attached hydrogens (tertiary/aromatic N) is 3. The van der Waals surface area contributed by atoms with Crippen molar-refractivity contribution in [3.63, 3.8) is 0 Å². The molecule has 7 nitrogen and oxygen atoms in total. The van der Waals surface area contributed by atoms with E-state index in [0.29, 0.717) is 0 Å². The summed E-state index contributed by atoms with van der Waals surface area (Å²) < 4.78 is 42.7. The van der Waals surface area contributed by atoms with Crippen molar-refractivity contribution in [1.82, 2.24) is 14.9 Å². The Morgan fingerprint density at radius 2 is 2.00 bits per heavy atom. The van der Waals surface area contributed by atoms with Crippen LogP contribution in [0.1, 0.15) is 30.7 Å². The molecule has 0 aromatic carbocycles. The van der Waals surface area contributed by atoms with Gasteiger partial charge in [0.05, 0.1) is 24.3 Å². The van der Waals surface area contributed by atoms with E-state index in [-0.39, 0.29) is 6.10 Å². The fourth-order valence-corrected chi connectivity index (χ4v) is 2.67. The molecule has 10 heteroatoms. The number of hydrogen-bond donors (Lipinski definition) is 1. The summed E-state index contributed by atoms with van der Waals surface area (Å²) >= 11 is 0. The molecule has 1 N–H and O–H groups in total. The van der Waals surface area contributed by atoms with E-state index in [0.717, 1.165) is 44.0 Å². The Morgan fingerprint density at radius 1 is 1.32 bits per heavy atom. The van der Waals surface area contributed by atoms with Gasteiger partial charge in [-0.25, -0.2) is 14.8 Å². The van der Waals surface area contributed by atoms with Gasteiger partial charge in [0.15, 0.2) is 0 Å². The molecule has 0 amide bonds. The lowest BCUT2D eigenvalue weighted by Crippen LogP contribution is -2.25. The molecule has 2 aromatic rings. The minimum atomic E-state index is -5.08. The molecule has 154 valence electrons. The maximum absolute atomic E-state index is 10.6. The van der Waals surface area contributed by atoms with Crippen LogP contribution in [0.2, 0.25) is 0 Å². The van der Waals surface area contributed by atoms with Crippen molar-refractivity contribution < 1.29 is 32.2 Å². The molecular weight excluding hydrogens is 379 g/mol. The van der Waals surface area contributed by atoms with Crippen LogP contribution in [0, 0.1) is 0 Å². The standard InChI is InChI=1S/C16H21N3O2.C2HF3O2/c1-12(2)21-16-14-3-6-19(9-13-5-8-20-10-13)7-4-15(14)17-11-18-16;3-2(4,5)1(6)7/h5,8,10-12H,3-4,6-7,9H2,1-2H3;(H,6,7). The molecule has 0 fully saturated rings. The third kappa shape index (κ3) is 6.52. The summed E-state index contributed by atoms with van der Waals surface area (Å²) in [4.78, 5) is 20.1. The number of rotatable bonds is 4. The zero-order chi connectivity index (χ0) is 20.7. The molecule has 1 aliphatic heterocycles. The van der Waals surface area contributed by atoms with Gasteiger partial charge in [-0.2, -0.15) is 13.2 Å². The van der Waals surface area contributed by atoms with E-state index in [1.165, 1.54) is 11.1 Å². The van der Waals surface area contributed by atoms with Crippen LogP contribution in [0.15, 0.2) is 29.3 Å².